The Bertz CT molecular complexity index is 959. The summed E-state index contributed by atoms with van der Waals surface area (Å²) in [5.74, 6) is -0.890. The van der Waals surface area contributed by atoms with Crippen molar-refractivity contribution in [2.75, 3.05) is 29.4 Å². The summed E-state index contributed by atoms with van der Waals surface area (Å²) in [4.78, 5) is 19.3. The van der Waals surface area contributed by atoms with Crippen molar-refractivity contribution in [1.29, 1.82) is 0 Å². The van der Waals surface area contributed by atoms with Crippen molar-refractivity contribution in [2.45, 2.75) is 32.2 Å². The van der Waals surface area contributed by atoms with Crippen molar-refractivity contribution < 1.29 is 9.90 Å². The first-order valence-corrected chi connectivity index (χ1v) is 10.3. The lowest BCUT2D eigenvalue weighted by atomic mass is 9.76. The number of carboxylic acids is 1. The minimum absolute atomic E-state index is 0.294. The number of piperidine rings is 1. The smallest absolute Gasteiger partial charge is 0.335 e. The van der Waals surface area contributed by atoms with Gasteiger partial charge in [-0.3, -0.25) is 0 Å². The summed E-state index contributed by atoms with van der Waals surface area (Å²) >= 11 is 6.27. The van der Waals surface area contributed by atoms with E-state index in [2.05, 4.69) is 21.6 Å². The second-order valence-electron chi connectivity index (χ2n) is 8.27. The second-order valence-corrected chi connectivity index (χ2v) is 8.67. The average molecular weight is 410 g/mol. The Balaban J connectivity index is 1.44. The monoisotopic (exact) mass is 409 g/mol. The maximum atomic E-state index is 11.1. The van der Waals surface area contributed by atoms with Gasteiger partial charge >= 0.3 is 5.97 Å². The van der Waals surface area contributed by atoms with Crippen molar-refractivity contribution >= 4 is 34.6 Å². The van der Waals surface area contributed by atoms with Crippen LogP contribution in [0.1, 0.15) is 36.5 Å². The molecule has 0 amide bonds. The largest absolute Gasteiger partial charge is 0.478 e. The fourth-order valence-corrected chi connectivity index (χ4v) is 5.06. The minimum Gasteiger partial charge on any atom is -0.478 e. The van der Waals surface area contributed by atoms with Crippen molar-refractivity contribution in [1.82, 2.24) is 0 Å². The summed E-state index contributed by atoms with van der Waals surface area (Å²) in [6.45, 7) is 12.4. The van der Waals surface area contributed by atoms with Crippen LogP contribution in [0.4, 0.5) is 17.1 Å². The molecule has 1 unspecified atom stereocenters. The number of benzene rings is 2. The third-order valence-electron chi connectivity index (χ3n) is 6.45. The maximum absolute atomic E-state index is 11.1. The number of carbonyl (C=O) groups is 1. The highest BCUT2D eigenvalue weighted by Gasteiger charge is 2.44. The van der Waals surface area contributed by atoms with Crippen LogP contribution in [0.25, 0.3) is 4.85 Å². The third-order valence-corrected chi connectivity index (χ3v) is 6.76. The number of hydrogen-bond donors (Lipinski definition) is 1. The van der Waals surface area contributed by atoms with Gasteiger partial charge in [0.05, 0.1) is 12.1 Å². The molecule has 1 atom stereocenters. The van der Waals surface area contributed by atoms with Gasteiger partial charge in [-0.1, -0.05) is 17.7 Å². The zero-order valence-electron chi connectivity index (χ0n) is 16.4. The Hall–Kier alpha value is -2.71. The van der Waals surface area contributed by atoms with Gasteiger partial charge in [0.2, 0.25) is 5.69 Å². The highest BCUT2D eigenvalue weighted by Crippen LogP contribution is 2.46. The molecule has 2 aliphatic heterocycles. The van der Waals surface area contributed by atoms with Crippen LogP contribution in [0, 0.1) is 12.0 Å². The lowest BCUT2D eigenvalue weighted by Crippen LogP contribution is -2.41. The summed E-state index contributed by atoms with van der Waals surface area (Å²) in [6, 6.07) is 13.4. The molecule has 0 saturated carbocycles. The van der Waals surface area contributed by atoms with Gasteiger partial charge in [-0.2, -0.15) is 0 Å². The predicted molar refractivity (Wildman–Crippen MR) is 116 cm³/mol. The van der Waals surface area contributed by atoms with Gasteiger partial charge in [0, 0.05) is 42.1 Å². The van der Waals surface area contributed by atoms with Crippen LogP contribution in [0.15, 0.2) is 42.5 Å². The van der Waals surface area contributed by atoms with Gasteiger partial charge in [-0.05, 0) is 68.0 Å². The summed E-state index contributed by atoms with van der Waals surface area (Å²) in [6.07, 6.45) is 3.38. The molecule has 6 heteroatoms. The zero-order valence-corrected chi connectivity index (χ0v) is 17.2. The van der Waals surface area contributed by atoms with Gasteiger partial charge in [-0.25, -0.2) is 9.64 Å². The van der Waals surface area contributed by atoms with E-state index in [-0.39, 0.29) is 0 Å². The van der Waals surface area contributed by atoms with Crippen LogP contribution < -0.4 is 9.80 Å². The molecule has 2 aromatic carbocycles. The number of hydrogen-bond acceptors (Lipinski definition) is 3. The Morgan fingerprint density at radius 1 is 1.17 bits per heavy atom. The van der Waals surface area contributed by atoms with Gasteiger partial charge in [0.15, 0.2) is 0 Å². The van der Waals surface area contributed by atoms with E-state index >= 15 is 0 Å². The first-order valence-electron chi connectivity index (χ1n) is 9.93. The molecule has 2 saturated heterocycles. The molecule has 2 aliphatic rings. The van der Waals surface area contributed by atoms with E-state index in [1.807, 2.05) is 30.3 Å². The van der Waals surface area contributed by atoms with E-state index in [0.29, 0.717) is 27.7 Å². The molecule has 4 rings (SSSR count). The molecule has 1 N–H and O–H groups in total. The van der Waals surface area contributed by atoms with Crippen LogP contribution in [-0.4, -0.2) is 36.8 Å². The fourth-order valence-electron chi connectivity index (χ4n) is 4.85. The topological polar surface area (TPSA) is 48.1 Å². The van der Waals surface area contributed by atoms with E-state index in [1.54, 1.807) is 12.1 Å². The van der Waals surface area contributed by atoms with Gasteiger partial charge < -0.3 is 14.9 Å². The van der Waals surface area contributed by atoms with Crippen molar-refractivity contribution in [3.8, 4) is 0 Å². The van der Waals surface area contributed by atoms with E-state index < -0.39 is 5.97 Å². The van der Waals surface area contributed by atoms with E-state index in [4.69, 9.17) is 23.3 Å². The standard InChI is InChI=1S/C23H24ClN3O2/c1-16-14-23(15-27(16)19-7-8-21(25-2)20(24)13-19)9-11-26(12-10-23)18-5-3-17(4-6-18)22(28)29/h3-8,13,16H,9-12,14-15H2,1H3,(H,28,29). The maximum Gasteiger partial charge on any atom is 0.335 e. The highest BCUT2D eigenvalue weighted by molar-refractivity contribution is 6.33. The summed E-state index contributed by atoms with van der Waals surface area (Å²) < 4.78 is 0. The molecular weight excluding hydrogens is 386 g/mol. The van der Waals surface area contributed by atoms with Gasteiger partial charge in [-0.15, -0.1) is 0 Å². The Kier molecular flexibility index (Phi) is 5.14. The average Bonchev–Trinajstić information content (AvgIpc) is 3.04. The first kappa shape index (κ1) is 19.6. The number of anilines is 2. The molecule has 150 valence electrons. The number of halogens is 1. The van der Waals surface area contributed by atoms with Crippen LogP contribution in [0.2, 0.25) is 5.02 Å². The molecule has 2 aromatic rings. The van der Waals surface area contributed by atoms with Crippen molar-refractivity contribution in [3.05, 3.63) is 64.5 Å². The van der Waals surface area contributed by atoms with Crippen LogP contribution >= 0.6 is 11.6 Å². The molecule has 0 aromatic heterocycles. The summed E-state index contributed by atoms with van der Waals surface area (Å²) in [5, 5.41) is 9.59. The van der Waals surface area contributed by atoms with Gasteiger partial charge in [0.25, 0.3) is 0 Å². The summed E-state index contributed by atoms with van der Waals surface area (Å²) in [7, 11) is 0. The molecule has 0 radical (unpaired) electrons. The van der Waals surface area contributed by atoms with Crippen LogP contribution in [-0.2, 0) is 0 Å². The number of nitrogens with zero attached hydrogens (tertiary/aromatic N) is 3. The second kappa shape index (κ2) is 7.61. The minimum atomic E-state index is -0.890. The molecule has 2 heterocycles. The first-order chi connectivity index (χ1) is 13.9. The Labute approximate surface area is 176 Å². The van der Waals surface area contributed by atoms with E-state index in [1.165, 1.54) is 0 Å². The predicted octanol–water partition coefficient (Wildman–Crippen LogP) is 5.47. The quantitative estimate of drug-likeness (QED) is 0.682. The highest BCUT2D eigenvalue weighted by atomic mass is 35.5. The number of rotatable bonds is 3. The molecule has 0 bridgehead atoms. The molecule has 29 heavy (non-hydrogen) atoms. The fraction of sp³-hybridized carbons (Fsp3) is 0.391. The SMILES string of the molecule is [C-]#[N+]c1ccc(N2CC3(CCN(c4ccc(C(=O)O)cc4)CC3)CC2C)cc1Cl. The van der Waals surface area contributed by atoms with E-state index in [0.717, 1.165) is 50.3 Å². The summed E-state index contributed by atoms with van der Waals surface area (Å²) in [5.41, 5.74) is 3.30. The molecule has 5 nitrogen and oxygen atoms in total. The molecule has 0 aliphatic carbocycles. The lowest BCUT2D eigenvalue weighted by Gasteiger charge is -2.40. The zero-order chi connectivity index (χ0) is 20.6. The van der Waals surface area contributed by atoms with Crippen LogP contribution in [0.3, 0.4) is 0 Å². The molecule has 1 spiro atoms. The third kappa shape index (κ3) is 3.77. The Morgan fingerprint density at radius 2 is 1.83 bits per heavy atom. The molecule has 2 fully saturated rings. The lowest BCUT2D eigenvalue weighted by molar-refractivity contribution is 0.0697. The molecular formula is C23H24ClN3O2. The number of aromatic carboxylic acids is 1. The van der Waals surface area contributed by atoms with E-state index in [9.17, 15) is 4.79 Å². The van der Waals surface area contributed by atoms with Crippen molar-refractivity contribution in [2.24, 2.45) is 5.41 Å². The number of carboxylic acid groups (broad SMARTS) is 1. The normalized spacial score (nSPS) is 20.7. The van der Waals surface area contributed by atoms with Crippen molar-refractivity contribution in [3.63, 3.8) is 0 Å². The van der Waals surface area contributed by atoms with Gasteiger partial charge in [0.1, 0.15) is 0 Å². The Morgan fingerprint density at radius 3 is 2.41 bits per heavy atom. The van der Waals surface area contributed by atoms with Crippen LogP contribution in [0.5, 0.6) is 0 Å².